The number of carbonyl (C=O) groups excluding carboxylic acids is 3. The Morgan fingerprint density at radius 1 is 1.00 bits per heavy atom. The highest BCUT2D eigenvalue weighted by Gasteiger charge is 2.13. The lowest BCUT2D eigenvalue weighted by Gasteiger charge is -2.05. The number of methoxy groups -OCH3 is 1. The van der Waals surface area contributed by atoms with Crippen LogP contribution in [-0.2, 0) is 14.3 Å². The van der Waals surface area contributed by atoms with Crippen LogP contribution in [0, 0.1) is 0 Å². The number of nitrogens with zero attached hydrogens (tertiary/aromatic N) is 1. The first-order valence-corrected chi connectivity index (χ1v) is 7.87. The summed E-state index contributed by atoms with van der Waals surface area (Å²) in [5, 5.41) is 6.12. The number of ether oxygens (including phenoxy) is 1. The minimum absolute atomic E-state index is 0.337. The van der Waals surface area contributed by atoms with E-state index in [1.54, 1.807) is 12.1 Å². The number of nitrogens with one attached hydrogen (secondary N) is 2. The number of hydrazone groups is 1. The van der Waals surface area contributed by atoms with Gasteiger partial charge in [0.05, 0.1) is 18.9 Å². The van der Waals surface area contributed by atoms with Gasteiger partial charge in [0.1, 0.15) is 0 Å². The summed E-state index contributed by atoms with van der Waals surface area (Å²) in [5.41, 5.74) is 3.61. The first-order chi connectivity index (χ1) is 12.0. The highest BCUT2D eigenvalue weighted by Crippen LogP contribution is 2.10. The minimum Gasteiger partial charge on any atom is -0.465 e. The van der Waals surface area contributed by atoms with E-state index in [1.807, 2.05) is 12.1 Å². The molecule has 0 heterocycles. The largest absolute Gasteiger partial charge is 0.465 e. The Bertz CT molecular complexity index is 802. The molecule has 2 rings (SSSR count). The summed E-state index contributed by atoms with van der Waals surface area (Å²) in [5.74, 6) is -2.28. The van der Waals surface area contributed by atoms with Gasteiger partial charge in [-0.3, -0.25) is 9.59 Å². The van der Waals surface area contributed by atoms with Crippen molar-refractivity contribution in [2.45, 2.75) is 0 Å². The van der Waals surface area contributed by atoms with Gasteiger partial charge in [0.2, 0.25) is 0 Å². The van der Waals surface area contributed by atoms with E-state index in [-0.39, 0.29) is 0 Å². The van der Waals surface area contributed by atoms with E-state index in [1.165, 1.54) is 37.6 Å². The van der Waals surface area contributed by atoms with Gasteiger partial charge in [-0.1, -0.05) is 28.1 Å². The summed E-state index contributed by atoms with van der Waals surface area (Å²) in [6.07, 6.45) is 1.42. The second-order valence-electron chi connectivity index (χ2n) is 4.77. The lowest BCUT2D eigenvalue weighted by molar-refractivity contribution is -0.136. The van der Waals surface area contributed by atoms with Gasteiger partial charge in [-0.25, -0.2) is 10.2 Å². The molecule has 2 N–H and O–H groups in total. The Morgan fingerprint density at radius 3 is 2.24 bits per heavy atom. The zero-order chi connectivity index (χ0) is 18.2. The van der Waals surface area contributed by atoms with Crippen LogP contribution in [0.4, 0.5) is 5.69 Å². The standard InChI is InChI=1S/C17H14BrN3O4/c1-25-17(24)12-4-8-14(9-5-12)20-15(22)16(23)21-19-10-11-2-6-13(18)7-3-11/h2-10H,1H3,(H,20,22)(H,21,23)/b19-10-. The van der Waals surface area contributed by atoms with Crippen molar-refractivity contribution in [3.8, 4) is 0 Å². The molecule has 0 aliphatic carbocycles. The van der Waals surface area contributed by atoms with E-state index in [4.69, 9.17) is 0 Å². The van der Waals surface area contributed by atoms with Crippen LogP contribution in [0.5, 0.6) is 0 Å². The van der Waals surface area contributed by atoms with Crippen LogP contribution in [0.1, 0.15) is 15.9 Å². The molecule has 7 nitrogen and oxygen atoms in total. The fourth-order valence-corrected chi connectivity index (χ4v) is 2.02. The van der Waals surface area contributed by atoms with Crippen molar-refractivity contribution in [3.05, 3.63) is 64.1 Å². The van der Waals surface area contributed by atoms with E-state index >= 15 is 0 Å². The Morgan fingerprint density at radius 2 is 1.64 bits per heavy atom. The van der Waals surface area contributed by atoms with Crippen LogP contribution in [0.2, 0.25) is 0 Å². The number of hydrogen-bond donors (Lipinski definition) is 2. The van der Waals surface area contributed by atoms with Crippen molar-refractivity contribution >= 4 is 45.6 Å². The number of benzene rings is 2. The van der Waals surface area contributed by atoms with Crippen molar-refractivity contribution in [2.75, 3.05) is 12.4 Å². The Hall–Kier alpha value is -3.00. The third kappa shape index (κ3) is 5.54. The maximum atomic E-state index is 11.8. The molecule has 8 heteroatoms. The van der Waals surface area contributed by atoms with Gasteiger partial charge in [-0.2, -0.15) is 5.10 Å². The van der Waals surface area contributed by atoms with Crippen molar-refractivity contribution in [1.82, 2.24) is 5.43 Å². The van der Waals surface area contributed by atoms with Crippen molar-refractivity contribution in [1.29, 1.82) is 0 Å². The summed E-state index contributed by atoms with van der Waals surface area (Å²) >= 11 is 3.31. The number of esters is 1. The molecule has 0 unspecified atom stereocenters. The number of amides is 2. The molecule has 0 bridgehead atoms. The molecular formula is C17H14BrN3O4. The van der Waals surface area contributed by atoms with Crippen molar-refractivity contribution in [3.63, 3.8) is 0 Å². The molecule has 0 spiro atoms. The molecule has 0 aliphatic heterocycles. The molecule has 0 saturated carbocycles. The van der Waals surface area contributed by atoms with Crippen molar-refractivity contribution < 1.29 is 19.1 Å². The van der Waals surface area contributed by atoms with Gasteiger partial charge in [0, 0.05) is 10.2 Å². The van der Waals surface area contributed by atoms with Crippen LogP contribution in [-0.4, -0.2) is 31.1 Å². The average Bonchev–Trinajstić information content (AvgIpc) is 2.63. The van der Waals surface area contributed by atoms with Gasteiger partial charge >= 0.3 is 17.8 Å². The minimum atomic E-state index is -0.912. The molecule has 128 valence electrons. The summed E-state index contributed by atoms with van der Waals surface area (Å²) in [7, 11) is 1.27. The highest BCUT2D eigenvalue weighted by atomic mass is 79.9. The first-order valence-electron chi connectivity index (χ1n) is 7.08. The molecule has 0 aliphatic rings. The van der Waals surface area contributed by atoms with Gasteiger partial charge in [-0.05, 0) is 42.0 Å². The first kappa shape index (κ1) is 18.3. The third-order valence-electron chi connectivity index (χ3n) is 3.02. The molecule has 0 saturated heterocycles. The smallest absolute Gasteiger partial charge is 0.337 e. The molecule has 0 radical (unpaired) electrons. The van der Waals surface area contributed by atoms with Gasteiger partial charge in [-0.15, -0.1) is 0 Å². The number of anilines is 1. The SMILES string of the molecule is COC(=O)c1ccc(NC(=O)C(=O)N/N=C\c2ccc(Br)cc2)cc1. The van der Waals surface area contributed by atoms with Crippen LogP contribution in [0.25, 0.3) is 0 Å². The molecule has 2 aromatic rings. The molecule has 25 heavy (non-hydrogen) atoms. The summed E-state index contributed by atoms with van der Waals surface area (Å²) in [6, 6.07) is 13.2. The molecule has 2 amide bonds. The molecule has 2 aromatic carbocycles. The summed E-state index contributed by atoms with van der Waals surface area (Å²) in [4.78, 5) is 34.8. The number of halogens is 1. The average molecular weight is 404 g/mol. The van der Waals surface area contributed by atoms with Crippen molar-refractivity contribution in [2.24, 2.45) is 5.10 Å². The van der Waals surface area contributed by atoms with Crippen LogP contribution in [0.15, 0.2) is 58.1 Å². The van der Waals surface area contributed by atoms with Crippen LogP contribution < -0.4 is 10.7 Å². The topological polar surface area (TPSA) is 96.9 Å². The third-order valence-corrected chi connectivity index (χ3v) is 3.55. The maximum absolute atomic E-state index is 11.8. The van der Waals surface area contributed by atoms with E-state index in [0.717, 1.165) is 10.0 Å². The fourth-order valence-electron chi connectivity index (χ4n) is 1.76. The lowest BCUT2D eigenvalue weighted by atomic mass is 10.2. The van der Waals surface area contributed by atoms with E-state index in [2.05, 4.69) is 36.5 Å². The molecule has 0 aromatic heterocycles. The molecule has 0 atom stereocenters. The predicted octanol–water partition coefficient (Wildman–Crippen LogP) is 2.32. The van der Waals surface area contributed by atoms with E-state index in [9.17, 15) is 14.4 Å². The fraction of sp³-hybridized carbons (Fsp3) is 0.0588. The Kier molecular flexibility index (Phi) is 6.41. The zero-order valence-electron chi connectivity index (χ0n) is 13.2. The quantitative estimate of drug-likeness (QED) is 0.354. The lowest BCUT2D eigenvalue weighted by Crippen LogP contribution is -2.32. The highest BCUT2D eigenvalue weighted by molar-refractivity contribution is 9.10. The second kappa shape index (κ2) is 8.74. The number of rotatable bonds is 4. The summed E-state index contributed by atoms with van der Waals surface area (Å²) in [6.45, 7) is 0. The second-order valence-corrected chi connectivity index (χ2v) is 5.69. The zero-order valence-corrected chi connectivity index (χ0v) is 14.7. The normalized spacial score (nSPS) is 10.3. The number of carbonyl (C=O) groups is 3. The van der Waals surface area contributed by atoms with E-state index in [0.29, 0.717) is 11.3 Å². The van der Waals surface area contributed by atoms with E-state index < -0.39 is 17.8 Å². The van der Waals surface area contributed by atoms with Crippen LogP contribution in [0.3, 0.4) is 0 Å². The molecule has 0 fully saturated rings. The maximum Gasteiger partial charge on any atom is 0.337 e. The monoisotopic (exact) mass is 403 g/mol. The number of hydrogen-bond acceptors (Lipinski definition) is 5. The summed E-state index contributed by atoms with van der Waals surface area (Å²) < 4.78 is 5.50. The van der Waals surface area contributed by atoms with Crippen LogP contribution >= 0.6 is 15.9 Å². The molecular weight excluding hydrogens is 390 g/mol. The van der Waals surface area contributed by atoms with Gasteiger partial charge in [0.15, 0.2) is 0 Å². The Labute approximate surface area is 152 Å². The van der Waals surface area contributed by atoms with Gasteiger partial charge in [0.25, 0.3) is 0 Å². The Balaban J connectivity index is 1.88. The predicted molar refractivity (Wildman–Crippen MR) is 96.3 cm³/mol. The van der Waals surface area contributed by atoms with Gasteiger partial charge < -0.3 is 10.1 Å².